The second kappa shape index (κ2) is 6.29. The van der Waals surface area contributed by atoms with Crippen LogP contribution in [-0.2, 0) is 9.53 Å². The van der Waals surface area contributed by atoms with Crippen molar-refractivity contribution >= 4 is 28.3 Å². The van der Waals surface area contributed by atoms with Crippen LogP contribution in [0.4, 0.5) is 5.13 Å². The highest BCUT2D eigenvalue weighted by Crippen LogP contribution is 2.31. The Kier molecular flexibility index (Phi) is 4.47. The first kappa shape index (κ1) is 14.2. The first-order valence-electron chi connectivity index (χ1n) is 6.12. The third-order valence-corrected chi connectivity index (χ3v) is 3.37. The Balaban J connectivity index is 2.44. The number of benzene rings is 1. The lowest BCUT2D eigenvalue weighted by molar-refractivity contribution is -0.114. The summed E-state index contributed by atoms with van der Waals surface area (Å²) in [7, 11) is 0. The number of hydrogen-bond acceptors (Lipinski definition) is 5. The molecule has 1 aromatic carbocycles. The van der Waals surface area contributed by atoms with E-state index < -0.39 is 5.97 Å². The number of esters is 1. The van der Waals surface area contributed by atoms with Gasteiger partial charge in [-0.25, -0.2) is 9.78 Å². The maximum atomic E-state index is 12.0. The van der Waals surface area contributed by atoms with E-state index in [2.05, 4.69) is 10.3 Å². The molecule has 104 valence electrons. The molecule has 5 nitrogen and oxygen atoms in total. The number of carbonyl (C=O) groups excluding carboxylic acids is 2. The molecule has 1 N–H and O–H groups in total. The van der Waals surface area contributed by atoms with Crippen LogP contribution in [-0.4, -0.2) is 23.5 Å². The third-order valence-electron chi connectivity index (χ3n) is 2.42. The molecule has 2 rings (SSSR count). The average Bonchev–Trinajstić information content (AvgIpc) is 2.83. The average molecular weight is 290 g/mol. The summed E-state index contributed by atoms with van der Waals surface area (Å²) >= 11 is 1.11. The highest BCUT2D eigenvalue weighted by atomic mass is 32.1. The number of amides is 1. The van der Waals surface area contributed by atoms with Gasteiger partial charge in [0.1, 0.15) is 4.88 Å². The fourth-order valence-electron chi connectivity index (χ4n) is 1.65. The highest BCUT2D eigenvalue weighted by Gasteiger charge is 2.20. The number of nitrogens with zero attached hydrogens (tertiary/aromatic N) is 1. The van der Waals surface area contributed by atoms with E-state index in [-0.39, 0.29) is 5.91 Å². The Morgan fingerprint density at radius 2 is 2.00 bits per heavy atom. The topological polar surface area (TPSA) is 68.3 Å². The van der Waals surface area contributed by atoms with Crippen molar-refractivity contribution in [3.8, 4) is 11.3 Å². The molecule has 0 fully saturated rings. The van der Waals surface area contributed by atoms with Crippen LogP contribution in [0, 0.1) is 0 Å². The first-order chi connectivity index (χ1) is 9.61. The third kappa shape index (κ3) is 3.21. The number of ether oxygens (including phenoxy) is 1. The second-order valence-electron chi connectivity index (χ2n) is 3.96. The van der Waals surface area contributed by atoms with Crippen molar-refractivity contribution in [1.29, 1.82) is 0 Å². The standard InChI is InChI=1S/C14H14N2O3S/c1-3-19-13(18)12-11(10-7-5-4-6-8-10)16-14(20-12)15-9(2)17/h4-8H,3H2,1-2H3,(H,15,16,17). The number of anilines is 1. The zero-order valence-corrected chi connectivity index (χ0v) is 12.0. The summed E-state index contributed by atoms with van der Waals surface area (Å²) in [5.41, 5.74) is 1.33. The van der Waals surface area contributed by atoms with Crippen molar-refractivity contribution in [1.82, 2.24) is 4.98 Å². The molecule has 0 spiro atoms. The summed E-state index contributed by atoms with van der Waals surface area (Å²) in [5, 5.41) is 2.98. The molecule has 0 unspecified atom stereocenters. The number of aromatic nitrogens is 1. The van der Waals surface area contributed by atoms with Crippen molar-refractivity contribution in [2.75, 3.05) is 11.9 Å². The summed E-state index contributed by atoms with van der Waals surface area (Å²) in [6.45, 7) is 3.43. The van der Waals surface area contributed by atoms with Gasteiger partial charge in [-0.3, -0.25) is 4.79 Å². The van der Waals surface area contributed by atoms with Crippen LogP contribution >= 0.6 is 11.3 Å². The highest BCUT2D eigenvalue weighted by molar-refractivity contribution is 7.18. The predicted octanol–water partition coefficient (Wildman–Crippen LogP) is 2.95. The van der Waals surface area contributed by atoms with Crippen molar-refractivity contribution in [3.63, 3.8) is 0 Å². The molecule has 0 aliphatic heterocycles. The molecule has 0 saturated carbocycles. The lowest BCUT2D eigenvalue weighted by Gasteiger charge is -2.01. The minimum atomic E-state index is -0.430. The number of thiazole rings is 1. The Bertz CT molecular complexity index is 623. The van der Waals surface area contributed by atoms with Gasteiger partial charge in [-0.15, -0.1) is 0 Å². The van der Waals surface area contributed by atoms with Crippen LogP contribution in [0.2, 0.25) is 0 Å². The normalized spacial score (nSPS) is 10.1. The maximum absolute atomic E-state index is 12.0. The minimum absolute atomic E-state index is 0.228. The van der Waals surface area contributed by atoms with Gasteiger partial charge >= 0.3 is 5.97 Å². The number of hydrogen-bond donors (Lipinski definition) is 1. The zero-order chi connectivity index (χ0) is 14.5. The van der Waals surface area contributed by atoms with E-state index in [0.29, 0.717) is 22.3 Å². The van der Waals surface area contributed by atoms with E-state index in [9.17, 15) is 9.59 Å². The molecule has 0 saturated heterocycles. The lowest BCUT2D eigenvalue weighted by Crippen LogP contribution is -2.04. The molecule has 0 aliphatic rings. The molecule has 1 amide bonds. The van der Waals surface area contributed by atoms with Crippen LogP contribution in [0.5, 0.6) is 0 Å². The Labute approximate surface area is 120 Å². The molecule has 0 bridgehead atoms. The molecule has 0 radical (unpaired) electrons. The molecule has 2 aromatic rings. The zero-order valence-electron chi connectivity index (χ0n) is 11.2. The van der Waals surface area contributed by atoms with E-state index in [4.69, 9.17) is 4.74 Å². The Morgan fingerprint density at radius 1 is 1.30 bits per heavy atom. The van der Waals surface area contributed by atoms with Gasteiger partial charge in [0.2, 0.25) is 5.91 Å². The van der Waals surface area contributed by atoms with Crippen molar-refractivity contribution in [2.24, 2.45) is 0 Å². The van der Waals surface area contributed by atoms with Crippen LogP contribution < -0.4 is 5.32 Å². The van der Waals surface area contributed by atoms with Crippen molar-refractivity contribution in [2.45, 2.75) is 13.8 Å². The van der Waals surface area contributed by atoms with Crippen molar-refractivity contribution in [3.05, 3.63) is 35.2 Å². The monoisotopic (exact) mass is 290 g/mol. The van der Waals surface area contributed by atoms with E-state index in [1.807, 2.05) is 30.3 Å². The van der Waals surface area contributed by atoms with E-state index in [1.54, 1.807) is 6.92 Å². The number of carbonyl (C=O) groups is 2. The van der Waals surface area contributed by atoms with Crippen LogP contribution in [0.3, 0.4) is 0 Å². The van der Waals surface area contributed by atoms with Crippen LogP contribution in [0.25, 0.3) is 11.3 Å². The minimum Gasteiger partial charge on any atom is -0.462 e. The van der Waals surface area contributed by atoms with Gasteiger partial charge in [0, 0.05) is 12.5 Å². The van der Waals surface area contributed by atoms with Gasteiger partial charge in [0.25, 0.3) is 0 Å². The molecular formula is C14H14N2O3S. The van der Waals surface area contributed by atoms with Crippen molar-refractivity contribution < 1.29 is 14.3 Å². The molecule has 20 heavy (non-hydrogen) atoms. The van der Waals surface area contributed by atoms with E-state index in [1.165, 1.54) is 6.92 Å². The summed E-state index contributed by atoms with van der Waals surface area (Å²) in [4.78, 5) is 27.8. The van der Waals surface area contributed by atoms with Gasteiger partial charge < -0.3 is 10.1 Å². The molecular weight excluding hydrogens is 276 g/mol. The molecule has 1 aromatic heterocycles. The maximum Gasteiger partial charge on any atom is 0.350 e. The van der Waals surface area contributed by atoms with Gasteiger partial charge in [-0.2, -0.15) is 0 Å². The first-order valence-corrected chi connectivity index (χ1v) is 6.94. The summed E-state index contributed by atoms with van der Waals surface area (Å²) in [5.74, 6) is -0.658. The van der Waals surface area contributed by atoms with Gasteiger partial charge in [0.05, 0.1) is 12.3 Å². The van der Waals surface area contributed by atoms with Crippen LogP contribution in [0.1, 0.15) is 23.5 Å². The fraction of sp³-hybridized carbons (Fsp3) is 0.214. The van der Waals surface area contributed by atoms with Gasteiger partial charge in [0.15, 0.2) is 5.13 Å². The largest absolute Gasteiger partial charge is 0.462 e. The predicted molar refractivity (Wildman–Crippen MR) is 77.8 cm³/mol. The van der Waals surface area contributed by atoms with Gasteiger partial charge in [-0.1, -0.05) is 41.7 Å². The quantitative estimate of drug-likeness (QED) is 0.879. The smallest absolute Gasteiger partial charge is 0.350 e. The molecule has 0 atom stereocenters. The van der Waals surface area contributed by atoms with E-state index >= 15 is 0 Å². The second-order valence-corrected chi connectivity index (χ2v) is 4.96. The molecule has 0 aliphatic carbocycles. The SMILES string of the molecule is CCOC(=O)c1sc(NC(C)=O)nc1-c1ccccc1. The fourth-order valence-corrected chi connectivity index (χ4v) is 2.58. The summed E-state index contributed by atoms with van der Waals surface area (Å²) in [6.07, 6.45) is 0. The molecule has 1 heterocycles. The lowest BCUT2D eigenvalue weighted by atomic mass is 10.1. The Hall–Kier alpha value is -2.21. The number of nitrogens with one attached hydrogen (secondary N) is 1. The number of rotatable bonds is 4. The van der Waals surface area contributed by atoms with E-state index in [0.717, 1.165) is 16.9 Å². The Morgan fingerprint density at radius 3 is 2.60 bits per heavy atom. The summed E-state index contributed by atoms with van der Waals surface area (Å²) in [6, 6.07) is 9.32. The van der Waals surface area contributed by atoms with Crippen LogP contribution in [0.15, 0.2) is 30.3 Å². The van der Waals surface area contributed by atoms with Gasteiger partial charge in [-0.05, 0) is 6.92 Å². The summed E-state index contributed by atoms with van der Waals surface area (Å²) < 4.78 is 5.03. The molecule has 6 heteroatoms.